The van der Waals surface area contributed by atoms with E-state index in [1.54, 1.807) is 19.4 Å². The molecule has 0 radical (unpaired) electrons. The normalized spacial score (nSPS) is 10.7. The zero-order valence-corrected chi connectivity index (χ0v) is 13.3. The van der Waals surface area contributed by atoms with Gasteiger partial charge in [0.15, 0.2) is 0 Å². The van der Waals surface area contributed by atoms with Crippen LogP contribution in [-0.4, -0.2) is 13.0 Å². The maximum atomic E-state index is 12.3. The van der Waals surface area contributed by atoms with Crippen molar-refractivity contribution in [2.45, 2.75) is 19.8 Å². The average molecular weight is 309 g/mol. The molecule has 1 N–H and O–H groups in total. The van der Waals surface area contributed by atoms with Crippen LogP contribution in [0.4, 0.5) is 5.69 Å². The maximum Gasteiger partial charge on any atom is 0.228 e. The fourth-order valence-electron chi connectivity index (χ4n) is 2.56. The molecule has 0 aliphatic carbocycles. The molecule has 118 valence electrons. The number of furan rings is 1. The van der Waals surface area contributed by atoms with Gasteiger partial charge in [-0.05, 0) is 30.2 Å². The zero-order valence-electron chi connectivity index (χ0n) is 13.3. The third-order valence-electron chi connectivity index (χ3n) is 3.83. The lowest BCUT2D eigenvalue weighted by Gasteiger charge is -2.06. The summed E-state index contributed by atoms with van der Waals surface area (Å²) in [5, 5.41) is 3.87. The highest BCUT2D eigenvalue weighted by molar-refractivity contribution is 5.95. The minimum absolute atomic E-state index is 0.0829. The summed E-state index contributed by atoms with van der Waals surface area (Å²) in [5.74, 6) is 0.629. The first-order valence-electron chi connectivity index (χ1n) is 7.62. The number of carbonyl (C=O) groups is 1. The Labute approximate surface area is 135 Å². The number of amides is 1. The zero-order chi connectivity index (χ0) is 16.2. The summed E-state index contributed by atoms with van der Waals surface area (Å²) in [5.41, 5.74) is 3.66. The van der Waals surface area contributed by atoms with Gasteiger partial charge in [-0.2, -0.15) is 0 Å². The van der Waals surface area contributed by atoms with Crippen LogP contribution in [0.5, 0.6) is 5.75 Å². The summed E-state index contributed by atoms with van der Waals surface area (Å²) in [6.07, 6.45) is 2.90. The Kier molecular flexibility index (Phi) is 4.33. The molecule has 0 aliphatic heterocycles. The molecule has 23 heavy (non-hydrogen) atoms. The summed E-state index contributed by atoms with van der Waals surface area (Å²) in [6.45, 7) is 2.10. The molecule has 0 fully saturated rings. The summed E-state index contributed by atoms with van der Waals surface area (Å²) < 4.78 is 10.7. The van der Waals surface area contributed by atoms with Crippen LogP contribution in [0.2, 0.25) is 0 Å². The molecule has 0 aliphatic rings. The highest BCUT2D eigenvalue weighted by atomic mass is 16.5. The van der Waals surface area contributed by atoms with Crippen LogP contribution in [0, 0.1) is 0 Å². The predicted molar refractivity (Wildman–Crippen MR) is 90.9 cm³/mol. The molecular formula is C19H19NO3. The van der Waals surface area contributed by atoms with E-state index in [1.165, 1.54) is 5.56 Å². The second kappa shape index (κ2) is 6.57. The predicted octanol–water partition coefficient (Wildman–Crippen LogP) is 4.19. The van der Waals surface area contributed by atoms with Crippen molar-refractivity contribution in [3.05, 3.63) is 59.9 Å². The van der Waals surface area contributed by atoms with Crippen LogP contribution in [-0.2, 0) is 17.6 Å². The second-order valence-electron chi connectivity index (χ2n) is 5.40. The number of aryl methyl sites for hydroxylation is 1. The van der Waals surface area contributed by atoms with Gasteiger partial charge < -0.3 is 14.5 Å². The standard InChI is InChI=1S/C19H19NO3/c1-3-13-7-8-17-14(12-23-18(17)9-13)10-19(21)20-15-5-4-6-16(11-15)22-2/h4-9,11-12H,3,10H2,1-2H3,(H,20,21). The Bertz CT molecular complexity index is 836. The van der Waals surface area contributed by atoms with E-state index in [0.717, 1.165) is 28.6 Å². The van der Waals surface area contributed by atoms with Crippen molar-refractivity contribution in [2.75, 3.05) is 12.4 Å². The Hall–Kier alpha value is -2.75. The largest absolute Gasteiger partial charge is 0.497 e. The third kappa shape index (κ3) is 3.37. The van der Waals surface area contributed by atoms with Crippen LogP contribution < -0.4 is 10.1 Å². The second-order valence-corrected chi connectivity index (χ2v) is 5.40. The van der Waals surface area contributed by atoms with Crippen LogP contribution in [0.1, 0.15) is 18.1 Å². The number of carbonyl (C=O) groups excluding carboxylic acids is 1. The molecule has 1 amide bonds. The number of fused-ring (bicyclic) bond motifs is 1. The SMILES string of the molecule is CCc1ccc2c(CC(=O)Nc3cccc(OC)c3)coc2c1. The van der Waals surface area contributed by atoms with Crippen LogP contribution >= 0.6 is 0 Å². The van der Waals surface area contributed by atoms with E-state index in [1.807, 2.05) is 30.3 Å². The molecule has 1 heterocycles. The molecule has 4 nitrogen and oxygen atoms in total. The average Bonchev–Trinajstić information content (AvgIpc) is 2.97. The molecule has 0 saturated carbocycles. The fourth-order valence-corrected chi connectivity index (χ4v) is 2.56. The molecular weight excluding hydrogens is 290 g/mol. The Balaban J connectivity index is 1.75. The monoisotopic (exact) mass is 309 g/mol. The van der Waals surface area contributed by atoms with Crippen molar-refractivity contribution in [2.24, 2.45) is 0 Å². The van der Waals surface area contributed by atoms with Crippen LogP contribution in [0.3, 0.4) is 0 Å². The van der Waals surface area contributed by atoms with Crippen molar-refractivity contribution < 1.29 is 13.9 Å². The number of hydrogen-bond acceptors (Lipinski definition) is 3. The molecule has 1 aromatic heterocycles. The van der Waals surface area contributed by atoms with Gasteiger partial charge in [0.25, 0.3) is 0 Å². The number of hydrogen-bond donors (Lipinski definition) is 1. The van der Waals surface area contributed by atoms with Crippen LogP contribution in [0.15, 0.2) is 53.1 Å². The van der Waals surface area contributed by atoms with E-state index in [9.17, 15) is 4.79 Å². The third-order valence-corrected chi connectivity index (χ3v) is 3.83. The highest BCUT2D eigenvalue weighted by Crippen LogP contribution is 2.24. The van der Waals surface area contributed by atoms with Gasteiger partial charge in [0, 0.05) is 22.7 Å². The molecule has 2 aromatic carbocycles. The molecule has 0 spiro atoms. The minimum atomic E-state index is -0.0829. The van der Waals surface area contributed by atoms with Crippen molar-refractivity contribution in [3.63, 3.8) is 0 Å². The molecule has 3 aromatic rings. The van der Waals surface area contributed by atoms with Gasteiger partial charge in [-0.3, -0.25) is 4.79 Å². The lowest BCUT2D eigenvalue weighted by atomic mass is 10.1. The van der Waals surface area contributed by atoms with Crippen molar-refractivity contribution in [3.8, 4) is 5.75 Å². The maximum absolute atomic E-state index is 12.3. The van der Waals surface area contributed by atoms with E-state index >= 15 is 0 Å². The summed E-state index contributed by atoms with van der Waals surface area (Å²) in [6, 6.07) is 13.4. The van der Waals surface area contributed by atoms with Crippen molar-refractivity contribution >= 4 is 22.6 Å². The Morgan fingerprint density at radius 2 is 2.09 bits per heavy atom. The number of methoxy groups -OCH3 is 1. The van der Waals surface area contributed by atoms with Gasteiger partial charge in [-0.15, -0.1) is 0 Å². The number of ether oxygens (including phenoxy) is 1. The Morgan fingerprint density at radius 1 is 1.22 bits per heavy atom. The quantitative estimate of drug-likeness (QED) is 0.769. The van der Waals surface area contributed by atoms with Crippen molar-refractivity contribution in [1.29, 1.82) is 0 Å². The van der Waals surface area contributed by atoms with Gasteiger partial charge in [-0.25, -0.2) is 0 Å². The lowest BCUT2D eigenvalue weighted by Crippen LogP contribution is -2.14. The van der Waals surface area contributed by atoms with Gasteiger partial charge >= 0.3 is 0 Å². The van der Waals surface area contributed by atoms with E-state index in [2.05, 4.69) is 18.3 Å². The Morgan fingerprint density at radius 3 is 2.87 bits per heavy atom. The number of benzene rings is 2. The van der Waals surface area contributed by atoms with Gasteiger partial charge in [0.1, 0.15) is 11.3 Å². The van der Waals surface area contributed by atoms with E-state index in [0.29, 0.717) is 5.75 Å². The number of anilines is 1. The van der Waals surface area contributed by atoms with E-state index < -0.39 is 0 Å². The van der Waals surface area contributed by atoms with E-state index in [4.69, 9.17) is 9.15 Å². The molecule has 0 atom stereocenters. The van der Waals surface area contributed by atoms with Crippen LogP contribution in [0.25, 0.3) is 11.0 Å². The fraction of sp³-hybridized carbons (Fsp3) is 0.211. The van der Waals surface area contributed by atoms with Crippen molar-refractivity contribution in [1.82, 2.24) is 0 Å². The van der Waals surface area contributed by atoms with Gasteiger partial charge in [0.2, 0.25) is 5.91 Å². The molecule has 4 heteroatoms. The summed E-state index contributed by atoms with van der Waals surface area (Å²) >= 11 is 0. The summed E-state index contributed by atoms with van der Waals surface area (Å²) in [7, 11) is 1.60. The molecule has 0 unspecified atom stereocenters. The molecule has 0 saturated heterocycles. The number of rotatable bonds is 5. The first kappa shape index (κ1) is 15.2. The molecule has 3 rings (SSSR count). The first-order valence-corrected chi connectivity index (χ1v) is 7.62. The smallest absolute Gasteiger partial charge is 0.228 e. The lowest BCUT2D eigenvalue weighted by molar-refractivity contribution is -0.115. The molecule has 0 bridgehead atoms. The number of nitrogens with one attached hydrogen (secondary N) is 1. The minimum Gasteiger partial charge on any atom is -0.497 e. The van der Waals surface area contributed by atoms with Gasteiger partial charge in [0.05, 0.1) is 19.8 Å². The van der Waals surface area contributed by atoms with Gasteiger partial charge in [-0.1, -0.05) is 25.1 Å². The summed E-state index contributed by atoms with van der Waals surface area (Å²) in [4.78, 5) is 12.3. The van der Waals surface area contributed by atoms with E-state index in [-0.39, 0.29) is 12.3 Å². The first-order chi connectivity index (χ1) is 11.2. The highest BCUT2D eigenvalue weighted by Gasteiger charge is 2.11. The topological polar surface area (TPSA) is 51.5 Å².